The number of carbonyl (C=O) groups excluding carboxylic acids is 1. The molecule has 0 spiro atoms. The van der Waals surface area contributed by atoms with Gasteiger partial charge >= 0.3 is 5.97 Å². The van der Waals surface area contributed by atoms with Gasteiger partial charge in [-0.25, -0.2) is 9.50 Å². The lowest BCUT2D eigenvalue weighted by Gasteiger charge is -2.01. The molecule has 0 unspecified atom stereocenters. The summed E-state index contributed by atoms with van der Waals surface area (Å²) < 4.78 is 6.50. The number of aromatic nitrogens is 4. The average molecular weight is 284 g/mol. The van der Waals surface area contributed by atoms with Gasteiger partial charge in [-0.15, -0.1) is 0 Å². The number of benzene rings is 1. The Balaban J connectivity index is 1.88. The number of nitrogens with one attached hydrogen (secondary N) is 2. The highest BCUT2D eigenvalue weighted by Gasteiger charge is 2.11. The van der Waals surface area contributed by atoms with Gasteiger partial charge < -0.3 is 10.1 Å². The number of esters is 1. The molecule has 21 heavy (non-hydrogen) atoms. The van der Waals surface area contributed by atoms with E-state index >= 15 is 0 Å². The Labute approximate surface area is 119 Å². The number of imidazole rings is 1. The van der Waals surface area contributed by atoms with Gasteiger partial charge in [0.2, 0.25) is 5.95 Å². The molecule has 2 heterocycles. The van der Waals surface area contributed by atoms with Crippen LogP contribution < -0.4 is 5.32 Å². The third kappa shape index (κ3) is 2.36. The van der Waals surface area contributed by atoms with Crippen molar-refractivity contribution in [3.63, 3.8) is 0 Å². The topological polar surface area (TPSA) is 108 Å². The van der Waals surface area contributed by atoms with E-state index in [1.165, 1.54) is 0 Å². The van der Waals surface area contributed by atoms with Crippen LogP contribution in [0.1, 0.15) is 12.5 Å². The number of ether oxygens (including phenoxy) is 1. The number of hydrogen-bond donors (Lipinski definition) is 2. The van der Waals surface area contributed by atoms with Crippen LogP contribution in [0.5, 0.6) is 0 Å². The molecule has 0 aliphatic rings. The molecule has 1 aromatic carbocycles. The zero-order valence-electron chi connectivity index (χ0n) is 11.3. The largest absolute Gasteiger partial charge is 0.465 e. The third-order valence-electron chi connectivity index (χ3n) is 2.90. The molecule has 0 bridgehead atoms. The maximum atomic E-state index is 11.3. The molecule has 2 aromatic heterocycles. The highest BCUT2D eigenvalue weighted by molar-refractivity contribution is 5.81. The lowest BCUT2D eigenvalue weighted by atomic mass is 10.2. The van der Waals surface area contributed by atoms with E-state index in [2.05, 4.69) is 26.5 Å². The Hall–Kier alpha value is -3.08. The number of nitriles is 1. The first-order valence-electron chi connectivity index (χ1n) is 6.39. The zero-order valence-corrected chi connectivity index (χ0v) is 11.3. The third-order valence-corrected chi connectivity index (χ3v) is 2.90. The summed E-state index contributed by atoms with van der Waals surface area (Å²) in [5, 5.41) is 14.7. The molecule has 0 fully saturated rings. The van der Waals surface area contributed by atoms with E-state index in [9.17, 15) is 4.79 Å². The fourth-order valence-electron chi connectivity index (χ4n) is 2.00. The molecule has 8 nitrogen and oxygen atoms in total. The normalized spacial score (nSPS) is 10.7. The minimum absolute atomic E-state index is 0.0288. The zero-order chi connectivity index (χ0) is 14.8. The lowest BCUT2D eigenvalue weighted by molar-refractivity contribution is -0.140. The molecule has 0 amide bonds. The van der Waals surface area contributed by atoms with E-state index < -0.39 is 0 Å². The van der Waals surface area contributed by atoms with Crippen LogP contribution in [0.4, 0.5) is 5.95 Å². The Kier molecular flexibility index (Phi) is 3.16. The van der Waals surface area contributed by atoms with Crippen molar-refractivity contribution in [2.24, 2.45) is 0 Å². The molecule has 0 atom stereocenters. The van der Waals surface area contributed by atoms with Crippen LogP contribution in [0.15, 0.2) is 18.2 Å². The Morgan fingerprint density at radius 2 is 2.38 bits per heavy atom. The second kappa shape index (κ2) is 5.13. The summed E-state index contributed by atoms with van der Waals surface area (Å²) in [6, 6.07) is 7.27. The van der Waals surface area contributed by atoms with E-state index in [-0.39, 0.29) is 12.5 Å². The van der Waals surface area contributed by atoms with Crippen LogP contribution in [-0.2, 0) is 9.53 Å². The predicted molar refractivity (Wildman–Crippen MR) is 74.7 cm³/mol. The van der Waals surface area contributed by atoms with Gasteiger partial charge in [-0.3, -0.25) is 9.89 Å². The quantitative estimate of drug-likeness (QED) is 0.693. The average Bonchev–Trinajstić information content (AvgIpc) is 3.01. The number of H-pyrrole nitrogens is 1. The SMILES string of the molecule is CCOC(=O)CNc1nc2nc3cc(C#N)ccc3n2[nH]1. The number of anilines is 1. The smallest absolute Gasteiger partial charge is 0.325 e. The molecule has 0 aliphatic heterocycles. The van der Waals surface area contributed by atoms with Crippen molar-refractivity contribution >= 4 is 28.7 Å². The van der Waals surface area contributed by atoms with Crippen molar-refractivity contribution in [1.29, 1.82) is 5.26 Å². The molecule has 0 saturated carbocycles. The number of carbonyl (C=O) groups is 1. The van der Waals surface area contributed by atoms with Gasteiger partial charge in [0.25, 0.3) is 5.78 Å². The number of aromatic amines is 1. The minimum Gasteiger partial charge on any atom is -0.465 e. The molecular formula is C13H12N6O2. The number of hydrogen-bond acceptors (Lipinski definition) is 6. The highest BCUT2D eigenvalue weighted by atomic mass is 16.5. The molecule has 0 radical (unpaired) electrons. The van der Waals surface area contributed by atoms with Crippen molar-refractivity contribution in [1.82, 2.24) is 19.6 Å². The molecule has 3 rings (SSSR count). The highest BCUT2D eigenvalue weighted by Crippen LogP contribution is 2.17. The first-order chi connectivity index (χ1) is 10.2. The van der Waals surface area contributed by atoms with E-state index in [0.717, 1.165) is 5.52 Å². The second-order valence-electron chi connectivity index (χ2n) is 4.29. The second-order valence-corrected chi connectivity index (χ2v) is 4.29. The van der Waals surface area contributed by atoms with E-state index in [0.29, 0.717) is 29.4 Å². The summed E-state index contributed by atoms with van der Waals surface area (Å²) >= 11 is 0. The van der Waals surface area contributed by atoms with Gasteiger partial charge in [0.1, 0.15) is 6.54 Å². The van der Waals surface area contributed by atoms with Crippen LogP contribution >= 0.6 is 0 Å². The maximum Gasteiger partial charge on any atom is 0.325 e. The number of fused-ring (bicyclic) bond motifs is 3. The first kappa shape index (κ1) is 12.9. The summed E-state index contributed by atoms with van der Waals surface area (Å²) in [4.78, 5) is 19.8. The van der Waals surface area contributed by atoms with Gasteiger partial charge in [-0.1, -0.05) is 0 Å². The molecule has 0 saturated heterocycles. The van der Waals surface area contributed by atoms with Crippen LogP contribution in [0.3, 0.4) is 0 Å². The molecule has 0 aliphatic carbocycles. The predicted octanol–water partition coefficient (Wildman–Crippen LogP) is 1.06. The van der Waals surface area contributed by atoms with E-state index in [1.54, 1.807) is 29.6 Å². The van der Waals surface area contributed by atoms with Crippen molar-refractivity contribution < 1.29 is 9.53 Å². The summed E-state index contributed by atoms with van der Waals surface area (Å²) in [5.41, 5.74) is 2.04. The van der Waals surface area contributed by atoms with E-state index in [1.807, 2.05) is 0 Å². The van der Waals surface area contributed by atoms with Crippen molar-refractivity contribution in [3.8, 4) is 6.07 Å². The van der Waals surface area contributed by atoms with Crippen LogP contribution in [0.25, 0.3) is 16.8 Å². The molecule has 8 heteroatoms. The van der Waals surface area contributed by atoms with E-state index in [4.69, 9.17) is 10.00 Å². The van der Waals surface area contributed by atoms with Crippen molar-refractivity contribution in [3.05, 3.63) is 23.8 Å². The van der Waals surface area contributed by atoms with Crippen LogP contribution in [-0.4, -0.2) is 38.7 Å². The number of nitrogens with zero attached hydrogens (tertiary/aromatic N) is 4. The summed E-state index contributed by atoms with van der Waals surface area (Å²) in [7, 11) is 0. The maximum absolute atomic E-state index is 11.3. The summed E-state index contributed by atoms with van der Waals surface area (Å²) in [5.74, 6) is 0.540. The minimum atomic E-state index is -0.352. The lowest BCUT2D eigenvalue weighted by Crippen LogP contribution is -2.17. The summed E-state index contributed by atoms with van der Waals surface area (Å²) in [6.45, 7) is 2.12. The van der Waals surface area contributed by atoms with Crippen molar-refractivity contribution in [2.75, 3.05) is 18.5 Å². The van der Waals surface area contributed by atoms with Crippen LogP contribution in [0, 0.1) is 11.3 Å². The first-order valence-corrected chi connectivity index (χ1v) is 6.39. The van der Waals surface area contributed by atoms with Crippen molar-refractivity contribution in [2.45, 2.75) is 6.92 Å². The molecule has 106 valence electrons. The number of rotatable bonds is 4. The standard InChI is InChI=1S/C13H12N6O2/c1-2-21-11(20)7-15-12-17-13-16-9-5-8(6-14)3-4-10(9)19(13)18-12/h3-5H,2,7H2,1H3,(H2,15,16,17,18). The van der Waals surface area contributed by atoms with Crippen LogP contribution in [0.2, 0.25) is 0 Å². The van der Waals surface area contributed by atoms with Gasteiger partial charge in [0.15, 0.2) is 0 Å². The van der Waals surface area contributed by atoms with Gasteiger partial charge in [0, 0.05) is 0 Å². The van der Waals surface area contributed by atoms with Gasteiger partial charge in [-0.05, 0) is 25.1 Å². The molecular weight excluding hydrogens is 272 g/mol. The Bertz CT molecular complexity index is 857. The molecule has 3 aromatic rings. The summed E-state index contributed by atoms with van der Waals surface area (Å²) in [6.07, 6.45) is 0. The van der Waals surface area contributed by atoms with Gasteiger partial charge in [0.05, 0.1) is 29.3 Å². The molecule has 2 N–H and O–H groups in total. The Morgan fingerprint density at radius 3 is 3.14 bits per heavy atom. The Morgan fingerprint density at radius 1 is 1.52 bits per heavy atom. The fourth-order valence-corrected chi connectivity index (χ4v) is 2.00. The monoisotopic (exact) mass is 284 g/mol. The fraction of sp³-hybridized carbons (Fsp3) is 0.231. The van der Waals surface area contributed by atoms with Gasteiger partial charge in [-0.2, -0.15) is 10.2 Å².